The quantitative estimate of drug-likeness (QED) is 0.586. The Balaban J connectivity index is 1.70. The van der Waals surface area contributed by atoms with E-state index in [-0.39, 0.29) is 5.91 Å². The van der Waals surface area contributed by atoms with Gasteiger partial charge in [0.15, 0.2) is 6.10 Å². The Morgan fingerprint density at radius 2 is 2.35 bits per heavy atom. The number of hydrogen-bond acceptors (Lipinski definition) is 4. The van der Waals surface area contributed by atoms with Crippen LogP contribution in [0.5, 0.6) is 5.75 Å². The van der Waals surface area contributed by atoms with E-state index in [1.807, 2.05) is 24.3 Å². The second-order valence-corrected chi connectivity index (χ2v) is 4.46. The molecule has 0 aliphatic carbocycles. The van der Waals surface area contributed by atoms with Gasteiger partial charge in [-0.3, -0.25) is 4.79 Å². The second-order valence-electron chi connectivity index (χ2n) is 4.46. The van der Waals surface area contributed by atoms with Gasteiger partial charge in [-0.05, 0) is 18.6 Å². The molecule has 2 N–H and O–H groups in total. The van der Waals surface area contributed by atoms with E-state index in [0.717, 1.165) is 12.1 Å². The predicted molar refractivity (Wildman–Crippen MR) is 78.0 cm³/mol. The van der Waals surface area contributed by atoms with E-state index in [2.05, 4.69) is 17.2 Å². The van der Waals surface area contributed by atoms with Crippen molar-refractivity contribution >= 4 is 11.6 Å². The van der Waals surface area contributed by atoms with Gasteiger partial charge in [-0.2, -0.15) is 0 Å². The van der Waals surface area contributed by atoms with Gasteiger partial charge >= 0.3 is 0 Å². The first-order valence-electron chi connectivity index (χ1n) is 6.77. The van der Waals surface area contributed by atoms with Crippen LogP contribution in [0.25, 0.3) is 0 Å². The highest BCUT2D eigenvalue weighted by atomic mass is 16.5. The molecule has 1 aliphatic rings. The van der Waals surface area contributed by atoms with Crippen LogP contribution in [0.3, 0.4) is 0 Å². The van der Waals surface area contributed by atoms with Crippen molar-refractivity contribution < 1.29 is 14.3 Å². The number of benzene rings is 1. The third kappa shape index (κ3) is 3.99. The maximum Gasteiger partial charge on any atom is 0.263 e. The van der Waals surface area contributed by atoms with Crippen LogP contribution in [0.2, 0.25) is 0 Å². The SMILES string of the molecule is C=CCCOCCNC(=O)C1CNc2ccccc2O1. The summed E-state index contributed by atoms with van der Waals surface area (Å²) in [4.78, 5) is 11.9. The van der Waals surface area contributed by atoms with Crippen LogP contribution in [0.15, 0.2) is 36.9 Å². The van der Waals surface area contributed by atoms with E-state index in [9.17, 15) is 4.79 Å². The van der Waals surface area contributed by atoms with Gasteiger partial charge in [0, 0.05) is 6.54 Å². The molecule has 1 atom stereocenters. The minimum atomic E-state index is -0.502. The van der Waals surface area contributed by atoms with E-state index in [0.29, 0.717) is 32.1 Å². The van der Waals surface area contributed by atoms with E-state index in [4.69, 9.17) is 9.47 Å². The van der Waals surface area contributed by atoms with E-state index in [1.54, 1.807) is 6.08 Å². The fourth-order valence-electron chi connectivity index (χ4n) is 1.89. The van der Waals surface area contributed by atoms with Gasteiger partial charge in [-0.15, -0.1) is 6.58 Å². The highest BCUT2D eigenvalue weighted by Crippen LogP contribution is 2.27. The first-order chi connectivity index (χ1) is 9.81. The lowest BCUT2D eigenvalue weighted by Gasteiger charge is -2.26. The molecule has 5 heteroatoms. The number of amides is 1. The van der Waals surface area contributed by atoms with Crippen molar-refractivity contribution in [3.05, 3.63) is 36.9 Å². The zero-order valence-corrected chi connectivity index (χ0v) is 11.4. The van der Waals surface area contributed by atoms with Gasteiger partial charge in [-0.25, -0.2) is 0 Å². The van der Waals surface area contributed by atoms with Crippen molar-refractivity contribution in [1.29, 1.82) is 0 Å². The molecule has 108 valence electrons. The van der Waals surface area contributed by atoms with Crippen LogP contribution in [0.1, 0.15) is 6.42 Å². The summed E-state index contributed by atoms with van der Waals surface area (Å²) in [5.74, 6) is 0.584. The van der Waals surface area contributed by atoms with Crippen LogP contribution in [0.4, 0.5) is 5.69 Å². The maximum absolute atomic E-state index is 11.9. The molecular weight excluding hydrogens is 256 g/mol. The van der Waals surface area contributed by atoms with Gasteiger partial charge in [-0.1, -0.05) is 18.2 Å². The zero-order valence-electron chi connectivity index (χ0n) is 11.4. The summed E-state index contributed by atoms with van der Waals surface area (Å²) in [6.45, 7) is 5.70. The summed E-state index contributed by atoms with van der Waals surface area (Å²) in [6.07, 6.45) is 2.12. The smallest absolute Gasteiger partial charge is 0.263 e. The average Bonchev–Trinajstić information content (AvgIpc) is 2.50. The van der Waals surface area contributed by atoms with Crippen molar-refractivity contribution in [1.82, 2.24) is 5.32 Å². The third-order valence-electron chi connectivity index (χ3n) is 2.94. The molecule has 1 unspecified atom stereocenters. The maximum atomic E-state index is 11.9. The number of anilines is 1. The summed E-state index contributed by atoms with van der Waals surface area (Å²) in [5, 5.41) is 5.99. The van der Waals surface area contributed by atoms with Crippen LogP contribution in [0, 0.1) is 0 Å². The summed E-state index contributed by atoms with van der Waals surface area (Å²) in [6, 6.07) is 7.58. The standard InChI is InChI=1S/C15H20N2O3/c1-2-3-9-19-10-8-16-15(18)14-11-17-12-6-4-5-7-13(12)20-14/h2,4-7,14,17H,1,3,8-11H2,(H,16,18). The number of fused-ring (bicyclic) bond motifs is 1. The molecule has 0 fully saturated rings. The van der Waals surface area contributed by atoms with E-state index in [1.165, 1.54) is 0 Å². The molecule has 1 amide bonds. The summed E-state index contributed by atoms with van der Waals surface area (Å²) in [5.41, 5.74) is 0.921. The summed E-state index contributed by atoms with van der Waals surface area (Å²) >= 11 is 0. The third-order valence-corrected chi connectivity index (χ3v) is 2.94. The molecule has 0 radical (unpaired) electrons. The van der Waals surface area contributed by atoms with Crippen molar-refractivity contribution in [3.63, 3.8) is 0 Å². The molecule has 0 aromatic heterocycles. The van der Waals surface area contributed by atoms with Crippen molar-refractivity contribution in [3.8, 4) is 5.75 Å². The van der Waals surface area contributed by atoms with E-state index >= 15 is 0 Å². The van der Waals surface area contributed by atoms with Crippen molar-refractivity contribution in [2.45, 2.75) is 12.5 Å². The Kier molecular flexibility index (Phi) is 5.43. The summed E-state index contributed by atoms with van der Waals surface area (Å²) < 4.78 is 11.0. The Morgan fingerprint density at radius 1 is 1.50 bits per heavy atom. The lowest BCUT2D eigenvalue weighted by molar-refractivity contribution is -0.127. The van der Waals surface area contributed by atoms with E-state index < -0.39 is 6.10 Å². The molecule has 0 spiro atoms. The lowest BCUT2D eigenvalue weighted by Crippen LogP contribution is -2.45. The molecule has 0 saturated carbocycles. The topological polar surface area (TPSA) is 59.6 Å². The molecule has 1 aromatic rings. The molecule has 2 rings (SSSR count). The van der Waals surface area contributed by atoms with Gasteiger partial charge < -0.3 is 20.1 Å². The zero-order chi connectivity index (χ0) is 14.2. The number of ether oxygens (including phenoxy) is 2. The fourth-order valence-corrected chi connectivity index (χ4v) is 1.89. The Hall–Kier alpha value is -2.01. The van der Waals surface area contributed by atoms with Crippen LogP contribution in [-0.2, 0) is 9.53 Å². The van der Waals surface area contributed by atoms with Gasteiger partial charge in [0.1, 0.15) is 5.75 Å². The summed E-state index contributed by atoms with van der Waals surface area (Å²) in [7, 11) is 0. The van der Waals surface area contributed by atoms with Crippen molar-refractivity contribution in [2.75, 3.05) is 31.6 Å². The molecule has 0 bridgehead atoms. The molecular formula is C15H20N2O3. The minimum absolute atomic E-state index is 0.126. The van der Waals surface area contributed by atoms with Crippen LogP contribution < -0.4 is 15.4 Å². The fraction of sp³-hybridized carbons (Fsp3) is 0.400. The number of nitrogens with one attached hydrogen (secondary N) is 2. The minimum Gasteiger partial charge on any atom is -0.477 e. The Morgan fingerprint density at radius 3 is 3.20 bits per heavy atom. The highest BCUT2D eigenvalue weighted by molar-refractivity contribution is 5.83. The Bertz CT molecular complexity index is 462. The number of carbonyl (C=O) groups is 1. The molecule has 0 saturated heterocycles. The molecule has 1 aliphatic heterocycles. The highest BCUT2D eigenvalue weighted by Gasteiger charge is 2.25. The first-order valence-corrected chi connectivity index (χ1v) is 6.77. The lowest BCUT2D eigenvalue weighted by atomic mass is 10.2. The molecule has 5 nitrogen and oxygen atoms in total. The van der Waals surface area contributed by atoms with Gasteiger partial charge in [0.2, 0.25) is 0 Å². The largest absolute Gasteiger partial charge is 0.477 e. The normalized spacial score (nSPS) is 16.5. The number of hydrogen-bond donors (Lipinski definition) is 2. The molecule has 1 heterocycles. The predicted octanol–water partition coefficient (Wildman–Crippen LogP) is 1.57. The van der Waals surface area contributed by atoms with Crippen molar-refractivity contribution in [2.24, 2.45) is 0 Å². The van der Waals surface area contributed by atoms with Crippen LogP contribution in [-0.4, -0.2) is 38.3 Å². The van der Waals surface area contributed by atoms with Gasteiger partial charge in [0.25, 0.3) is 5.91 Å². The molecule has 20 heavy (non-hydrogen) atoms. The number of carbonyl (C=O) groups excluding carboxylic acids is 1. The Labute approximate surface area is 119 Å². The first kappa shape index (κ1) is 14.4. The van der Waals surface area contributed by atoms with Gasteiger partial charge in [0.05, 0.1) is 25.4 Å². The molecule has 1 aromatic carbocycles. The number of rotatable bonds is 7. The average molecular weight is 276 g/mol. The number of para-hydroxylation sites is 2. The van der Waals surface area contributed by atoms with Crippen LogP contribution >= 0.6 is 0 Å². The monoisotopic (exact) mass is 276 g/mol. The second kappa shape index (κ2) is 7.55.